The molecule has 17 heavy (non-hydrogen) atoms. The number of halogens is 1. The molecule has 1 atom stereocenters. The number of hydrogen-bond donors (Lipinski definition) is 2. The molecule has 0 radical (unpaired) electrons. The highest BCUT2D eigenvalue weighted by Crippen LogP contribution is 2.26. The predicted octanol–water partition coefficient (Wildman–Crippen LogP) is 2.62. The predicted molar refractivity (Wildman–Crippen MR) is 70.2 cm³/mol. The van der Waals surface area contributed by atoms with Crippen molar-refractivity contribution in [3.8, 4) is 0 Å². The Kier molecular flexibility index (Phi) is 4.50. The maximum atomic E-state index is 9.89. The van der Waals surface area contributed by atoms with Crippen molar-refractivity contribution in [2.24, 2.45) is 0 Å². The zero-order valence-electron chi connectivity index (χ0n) is 9.14. The van der Waals surface area contributed by atoms with Crippen LogP contribution in [0, 0.1) is 0 Å². The molecule has 0 saturated heterocycles. The zero-order valence-corrected chi connectivity index (χ0v) is 10.7. The minimum atomic E-state index is -0.505. The Labute approximate surface area is 109 Å². The van der Waals surface area contributed by atoms with E-state index in [-0.39, 0.29) is 0 Å². The number of nitrogens with zero attached hydrogens (tertiary/aromatic N) is 1. The lowest BCUT2D eigenvalue weighted by molar-refractivity contribution is 0.178. The van der Waals surface area contributed by atoms with E-state index in [0.29, 0.717) is 10.9 Å². The van der Waals surface area contributed by atoms with Crippen molar-refractivity contribution >= 4 is 22.9 Å². The van der Waals surface area contributed by atoms with Crippen molar-refractivity contribution in [2.75, 3.05) is 6.54 Å². The summed E-state index contributed by atoms with van der Waals surface area (Å²) in [6.07, 6.45) is 3.01. The third-order valence-electron chi connectivity index (χ3n) is 2.34. The van der Waals surface area contributed by atoms with E-state index in [2.05, 4.69) is 10.3 Å². The Bertz CT molecular complexity index is 461. The minimum absolute atomic E-state index is 0.505. The number of aliphatic hydroxyl groups excluding tert-OH is 1. The molecule has 2 aromatic rings. The summed E-state index contributed by atoms with van der Waals surface area (Å²) in [5.41, 5.74) is 1.15. The zero-order chi connectivity index (χ0) is 12.1. The highest BCUT2D eigenvalue weighted by molar-refractivity contribution is 7.16. The van der Waals surface area contributed by atoms with Crippen LogP contribution in [0.5, 0.6) is 0 Å². The van der Waals surface area contributed by atoms with Crippen molar-refractivity contribution in [3.63, 3.8) is 0 Å². The van der Waals surface area contributed by atoms with Crippen LogP contribution in [0.1, 0.15) is 16.5 Å². The van der Waals surface area contributed by atoms with Gasteiger partial charge in [0, 0.05) is 30.4 Å². The molecule has 1 unspecified atom stereocenters. The monoisotopic (exact) mass is 268 g/mol. The van der Waals surface area contributed by atoms with Gasteiger partial charge in [-0.15, -0.1) is 11.3 Å². The Morgan fingerprint density at radius 3 is 2.71 bits per heavy atom. The average Bonchev–Trinajstić information content (AvgIpc) is 2.77. The summed E-state index contributed by atoms with van der Waals surface area (Å²) in [4.78, 5) is 4.84. The maximum Gasteiger partial charge on any atom is 0.101 e. The van der Waals surface area contributed by atoms with Gasteiger partial charge in [-0.3, -0.25) is 4.98 Å². The molecule has 0 spiro atoms. The standard InChI is InChI=1S/C12H13ClN2OS/c13-12-2-1-11(17-12)10(16)8-15-7-9-3-5-14-6-4-9/h1-6,10,15-16H,7-8H2. The molecule has 0 fully saturated rings. The van der Waals surface area contributed by atoms with Gasteiger partial charge in [-0.2, -0.15) is 0 Å². The van der Waals surface area contributed by atoms with Crippen LogP contribution in [0.15, 0.2) is 36.7 Å². The molecule has 2 aromatic heterocycles. The van der Waals surface area contributed by atoms with E-state index in [1.54, 1.807) is 18.5 Å². The van der Waals surface area contributed by atoms with Gasteiger partial charge in [0.2, 0.25) is 0 Å². The Hall–Kier alpha value is -0.940. The third kappa shape index (κ3) is 3.78. The second-order valence-electron chi connectivity index (χ2n) is 3.64. The van der Waals surface area contributed by atoms with Crippen molar-refractivity contribution in [2.45, 2.75) is 12.6 Å². The number of rotatable bonds is 5. The molecule has 90 valence electrons. The Balaban J connectivity index is 1.79. The van der Waals surface area contributed by atoms with Gasteiger partial charge >= 0.3 is 0 Å². The number of pyridine rings is 1. The number of aliphatic hydroxyl groups is 1. The fourth-order valence-electron chi connectivity index (χ4n) is 1.46. The minimum Gasteiger partial charge on any atom is -0.386 e. The van der Waals surface area contributed by atoms with Crippen LogP contribution in [-0.2, 0) is 6.54 Å². The van der Waals surface area contributed by atoms with Crippen molar-refractivity contribution in [1.82, 2.24) is 10.3 Å². The first-order chi connectivity index (χ1) is 8.25. The van der Waals surface area contributed by atoms with Crippen LogP contribution in [0.2, 0.25) is 4.34 Å². The first-order valence-corrected chi connectivity index (χ1v) is 6.48. The molecule has 3 nitrogen and oxygen atoms in total. The van der Waals surface area contributed by atoms with Gasteiger partial charge in [0.15, 0.2) is 0 Å². The van der Waals surface area contributed by atoms with E-state index in [1.165, 1.54) is 11.3 Å². The van der Waals surface area contributed by atoms with Crippen LogP contribution in [0.4, 0.5) is 0 Å². The van der Waals surface area contributed by atoms with E-state index < -0.39 is 6.10 Å². The van der Waals surface area contributed by atoms with Crippen LogP contribution < -0.4 is 5.32 Å². The van der Waals surface area contributed by atoms with Crippen molar-refractivity contribution in [1.29, 1.82) is 0 Å². The molecular formula is C12H13ClN2OS. The van der Waals surface area contributed by atoms with E-state index in [1.807, 2.05) is 18.2 Å². The summed E-state index contributed by atoms with van der Waals surface area (Å²) in [6.45, 7) is 1.23. The molecule has 0 aliphatic heterocycles. The van der Waals surface area contributed by atoms with Crippen molar-refractivity contribution < 1.29 is 5.11 Å². The molecule has 2 rings (SSSR count). The highest BCUT2D eigenvalue weighted by atomic mass is 35.5. The number of nitrogens with one attached hydrogen (secondary N) is 1. The number of thiophene rings is 1. The van der Waals surface area contributed by atoms with Gasteiger partial charge in [-0.25, -0.2) is 0 Å². The van der Waals surface area contributed by atoms with Crippen molar-refractivity contribution in [3.05, 3.63) is 51.4 Å². The van der Waals surface area contributed by atoms with E-state index >= 15 is 0 Å². The second-order valence-corrected chi connectivity index (χ2v) is 5.39. The number of aromatic nitrogens is 1. The van der Waals surface area contributed by atoms with Gasteiger partial charge in [-0.05, 0) is 29.8 Å². The topological polar surface area (TPSA) is 45.1 Å². The summed E-state index contributed by atoms with van der Waals surface area (Å²) in [5.74, 6) is 0. The van der Waals surface area contributed by atoms with Gasteiger partial charge in [0.25, 0.3) is 0 Å². The van der Waals surface area contributed by atoms with Crippen LogP contribution in [-0.4, -0.2) is 16.6 Å². The van der Waals surface area contributed by atoms with Gasteiger partial charge in [-0.1, -0.05) is 11.6 Å². The lowest BCUT2D eigenvalue weighted by Crippen LogP contribution is -2.20. The number of hydrogen-bond acceptors (Lipinski definition) is 4. The van der Waals surface area contributed by atoms with Gasteiger partial charge < -0.3 is 10.4 Å². The summed E-state index contributed by atoms with van der Waals surface area (Å²) in [6, 6.07) is 7.54. The first-order valence-electron chi connectivity index (χ1n) is 5.28. The normalized spacial score (nSPS) is 12.6. The first kappa shape index (κ1) is 12.5. The molecule has 5 heteroatoms. The molecular weight excluding hydrogens is 256 g/mol. The molecule has 0 saturated carbocycles. The summed E-state index contributed by atoms with van der Waals surface area (Å²) >= 11 is 7.22. The van der Waals surface area contributed by atoms with Crippen LogP contribution in [0.25, 0.3) is 0 Å². The van der Waals surface area contributed by atoms with E-state index in [0.717, 1.165) is 17.0 Å². The fourth-order valence-corrected chi connectivity index (χ4v) is 2.51. The van der Waals surface area contributed by atoms with Crippen LogP contribution in [0.3, 0.4) is 0 Å². The third-order valence-corrected chi connectivity index (χ3v) is 3.67. The average molecular weight is 269 g/mol. The lowest BCUT2D eigenvalue weighted by atomic mass is 10.2. The maximum absolute atomic E-state index is 9.89. The summed E-state index contributed by atoms with van der Waals surface area (Å²) in [7, 11) is 0. The molecule has 0 aliphatic carbocycles. The Morgan fingerprint density at radius 2 is 2.06 bits per heavy atom. The van der Waals surface area contributed by atoms with E-state index in [4.69, 9.17) is 11.6 Å². The molecule has 0 bridgehead atoms. The molecule has 0 aromatic carbocycles. The Morgan fingerprint density at radius 1 is 1.29 bits per heavy atom. The largest absolute Gasteiger partial charge is 0.386 e. The van der Waals surface area contributed by atoms with Gasteiger partial charge in [0.1, 0.15) is 6.10 Å². The van der Waals surface area contributed by atoms with E-state index in [9.17, 15) is 5.11 Å². The highest BCUT2D eigenvalue weighted by Gasteiger charge is 2.09. The smallest absolute Gasteiger partial charge is 0.101 e. The second kappa shape index (κ2) is 6.12. The summed E-state index contributed by atoms with van der Waals surface area (Å²) < 4.78 is 0.702. The SMILES string of the molecule is OC(CNCc1ccncc1)c1ccc(Cl)s1. The molecule has 0 amide bonds. The fraction of sp³-hybridized carbons (Fsp3) is 0.250. The quantitative estimate of drug-likeness (QED) is 0.876. The van der Waals surface area contributed by atoms with Gasteiger partial charge in [0.05, 0.1) is 4.34 Å². The lowest BCUT2D eigenvalue weighted by Gasteiger charge is -2.09. The van der Waals surface area contributed by atoms with Crippen LogP contribution >= 0.6 is 22.9 Å². The molecule has 2 heterocycles. The summed E-state index contributed by atoms with van der Waals surface area (Å²) in [5, 5.41) is 13.1. The molecule has 2 N–H and O–H groups in total. The molecule has 0 aliphatic rings.